The van der Waals surface area contributed by atoms with Crippen LogP contribution in [0.25, 0.3) is 0 Å². The van der Waals surface area contributed by atoms with Crippen LogP contribution in [-0.4, -0.2) is 29.6 Å². The molecule has 3 rings (SSSR count). The highest BCUT2D eigenvalue weighted by Gasteiger charge is 2.19. The second-order valence-electron chi connectivity index (χ2n) is 7.53. The van der Waals surface area contributed by atoms with Gasteiger partial charge in [0, 0.05) is 16.3 Å². The average Bonchev–Trinajstić information content (AvgIpc) is 3.38. The molecule has 0 fully saturated rings. The Morgan fingerprint density at radius 1 is 0.971 bits per heavy atom. The van der Waals surface area contributed by atoms with Crippen molar-refractivity contribution in [1.29, 1.82) is 0 Å². The molecule has 0 radical (unpaired) electrons. The van der Waals surface area contributed by atoms with Crippen LogP contribution in [0.1, 0.15) is 54.0 Å². The number of hydrogen-bond acceptors (Lipinski definition) is 6. The van der Waals surface area contributed by atoms with Crippen LogP contribution in [0.3, 0.4) is 0 Å². The number of rotatable bonds is 11. The number of furan rings is 1. The number of unbranched alkanes of at least 4 members (excludes halogenated alkanes) is 1. The fourth-order valence-corrected chi connectivity index (χ4v) is 4.05. The maximum Gasteiger partial charge on any atom is 0.338 e. The van der Waals surface area contributed by atoms with Gasteiger partial charge in [-0.25, -0.2) is 4.79 Å². The van der Waals surface area contributed by atoms with E-state index in [1.165, 1.54) is 18.0 Å². The van der Waals surface area contributed by atoms with Gasteiger partial charge in [-0.05, 0) is 67.4 Å². The number of carbonyl (C=O) groups excluding carboxylic acids is 3. The van der Waals surface area contributed by atoms with Gasteiger partial charge in [-0.3, -0.25) is 9.59 Å². The van der Waals surface area contributed by atoms with E-state index >= 15 is 0 Å². The van der Waals surface area contributed by atoms with Crippen molar-refractivity contribution in [3.63, 3.8) is 0 Å². The molecule has 2 N–H and O–H groups in total. The molecule has 0 saturated heterocycles. The van der Waals surface area contributed by atoms with Gasteiger partial charge in [0.05, 0.1) is 23.7 Å². The number of esters is 1. The molecule has 0 aliphatic heterocycles. The number of hydrogen-bond donors (Lipinski definition) is 2. The zero-order valence-corrected chi connectivity index (χ0v) is 20.0. The van der Waals surface area contributed by atoms with Gasteiger partial charge in [-0.15, -0.1) is 11.8 Å². The van der Waals surface area contributed by atoms with Crippen molar-refractivity contribution in [2.75, 3.05) is 17.2 Å². The Hall–Kier alpha value is -3.52. The topological polar surface area (TPSA) is 97.6 Å². The molecule has 0 spiro atoms. The molecule has 178 valence electrons. The summed E-state index contributed by atoms with van der Waals surface area (Å²) in [6.07, 6.45) is 3.84. The summed E-state index contributed by atoms with van der Waals surface area (Å²) in [5.41, 5.74) is 1.67. The number of carbonyl (C=O) groups is 3. The van der Waals surface area contributed by atoms with E-state index in [0.29, 0.717) is 30.0 Å². The highest BCUT2D eigenvalue weighted by Crippen LogP contribution is 2.29. The fraction of sp³-hybridized carbons (Fsp3) is 0.269. The van der Waals surface area contributed by atoms with Crippen LogP contribution in [-0.2, 0) is 9.53 Å². The van der Waals surface area contributed by atoms with Crippen LogP contribution in [0.2, 0.25) is 0 Å². The molecule has 8 heteroatoms. The lowest BCUT2D eigenvalue weighted by Gasteiger charge is -2.15. The Balaban J connectivity index is 1.57. The molecular formula is C26H28N2O5S. The first-order valence-electron chi connectivity index (χ1n) is 11.2. The Morgan fingerprint density at radius 2 is 1.76 bits per heavy atom. The van der Waals surface area contributed by atoms with Crippen molar-refractivity contribution in [3.8, 4) is 0 Å². The highest BCUT2D eigenvalue weighted by atomic mass is 32.2. The predicted molar refractivity (Wildman–Crippen MR) is 133 cm³/mol. The maximum atomic E-state index is 12.9. The van der Waals surface area contributed by atoms with E-state index in [0.717, 1.165) is 17.7 Å². The van der Waals surface area contributed by atoms with E-state index in [4.69, 9.17) is 9.15 Å². The lowest BCUT2D eigenvalue weighted by atomic mass is 10.2. The lowest BCUT2D eigenvalue weighted by molar-refractivity contribution is -0.115. The summed E-state index contributed by atoms with van der Waals surface area (Å²) in [7, 11) is 0. The number of thioether (sulfide) groups is 1. The summed E-state index contributed by atoms with van der Waals surface area (Å²) in [5, 5.41) is 5.36. The van der Waals surface area contributed by atoms with Gasteiger partial charge in [-0.2, -0.15) is 0 Å². The molecular weight excluding hydrogens is 452 g/mol. The molecule has 1 aromatic heterocycles. The number of ether oxygens (including phenoxy) is 1. The van der Waals surface area contributed by atoms with E-state index in [-0.39, 0.29) is 28.8 Å². The summed E-state index contributed by atoms with van der Waals surface area (Å²) in [6, 6.07) is 17.2. The van der Waals surface area contributed by atoms with Crippen molar-refractivity contribution >= 4 is 40.9 Å². The minimum absolute atomic E-state index is 0.143. The van der Waals surface area contributed by atoms with E-state index in [9.17, 15) is 14.4 Å². The zero-order valence-electron chi connectivity index (χ0n) is 19.2. The minimum Gasteiger partial charge on any atom is -0.462 e. The number of benzene rings is 2. The van der Waals surface area contributed by atoms with Crippen LogP contribution >= 0.6 is 11.8 Å². The third-order valence-electron chi connectivity index (χ3n) is 4.90. The maximum absolute atomic E-state index is 12.9. The molecule has 34 heavy (non-hydrogen) atoms. The van der Waals surface area contributed by atoms with Gasteiger partial charge >= 0.3 is 5.97 Å². The SMILES string of the molecule is CCCCOC(=O)c1ccc(NC(=O)C(CC)Sc2cccc(NC(=O)c3ccco3)c2)cc1. The summed E-state index contributed by atoms with van der Waals surface area (Å²) < 4.78 is 10.3. The van der Waals surface area contributed by atoms with Gasteiger partial charge < -0.3 is 19.8 Å². The normalized spacial score (nSPS) is 11.5. The first kappa shape index (κ1) is 25.1. The largest absolute Gasteiger partial charge is 0.462 e. The average molecular weight is 481 g/mol. The molecule has 7 nitrogen and oxygen atoms in total. The number of nitrogens with one attached hydrogen (secondary N) is 2. The summed E-state index contributed by atoms with van der Waals surface area (Å²) in [6.45, 7) is 4.37. The molecule has 0 aliphatic carbocycles. The molecule has 1 atom stereocenters. The Labute approximate surface area is 203 Å². The van der Waals surface area contributed by atoms with Gasteiger partial charge in [0.15, 0.2) is 5.76 Å². The smallest absolute Gasteiger partial charge is 0.338 e. The molecule has 0 bridgehead atoms. The van der Waals surface area contributed by atoms with E-state index in [1.54, 1.807) is 42.5 Å². The summed E-state index contributed by atoms with van der Waals surface area (Å²) >= 11 is 1.41. The van der Waals surface area contributed by atoms with Gasteiger partial charge in [-0.1, -0.05) is 26.3 Å². The predicted octanol–water partition coefficient (Wildman–Crippen LogP) is 6.00. The monoisotopic (exact) mass is 480 g/mol. The van der Waals surface area contributed by atoms with Crippen LogP contribution in [0.15, 0.2) is 76.2 Å². The highest BCUT2D eigenvalue weighted by molar-refractivity contribution is 8.00. The Kier molecular flexibility index (Phi) is 9.34. The van der Waals surface area contributed by atoms with Crippen LogP contribution in [0.5, 0.6) is 0 Å². The summed E-state index contributed by atoms with van der Waals surface area (Å²) in [4.78, 5) is 37.9. The Bertz CT molecular complexity index is 1100. The second-order valence-corrected chi connectivity index (χ2v) is 8.81. The number of anilines is 2. The summed E-state index contributed by atoms with van der Waals surface area (Å²) in [5.74, 6) is -0.623. The fourth-order valence-electron chi connectivity index (χ4n) is 3.04. The second kappa shape index (κ2) is 12.6. The van der Waals surface area contributed by atoms with E-state index < -0.39 is 0 Å². The Morgan fingerprint density at radius 3 is 2.44 bits per heavy atom. The molecule has 0 saturated carbocycles. The molecule has 1 heterocycles. The van der Waals surface area contributed by atoms with Gasteiger partial charge in [0.25, 0.3) is 5.91 Å². The van der Waals surface area contributed by atoms with Gasteiger partial charge in [0.1, 0.15) is 0 Å². The van der Waals surface area contributed by atoms with Crippen LogP contribution in [0.4, 0.5) is 11.4 Å². The minimum atomic E-state index is -0.368. The molecule has 3 aromatic rings. The van der Waals surface area contributed by atoms with E-state index in [1.807, 2.05) is 32.0 Å². The molecule has 0 aliphatic rings. The molecule has 1 unspecified atom stereocenters. The van der Waals surface area contributed by atoms with Crippen molar-refractivity contribution in [1.82, 2.24) is 0 Å². The zero-order chi connectivity index (χ0) is 24.3. The third kappa shape index (κ3) is 7.25. The molecule has 2 aromatic carbocycles. The van der Waals surface area contributed by atoms with Crippen LogP contribution < -0.4 is 10.6 Å². The standard InChI is InChI=1S/C26H28N2O5S/c1-3-5-15-33-26(31)18-11-13-19(14-12-18)27-25(30)23(4-2)34-21-9-6-8-20(17-21)28-24(29)22-10-7-16-32-22/h6-14,16-17,23H,3-5,15H2,1-2H3,(H,27,30)(H,28,29). The van der Waals surface area contributed by atoms with Crippen molar-refractivity contribution in [2.45, 2.75) is 43.3 Å². The van der Waals surface area contributed by atoms with Crippen molar-refractivity contribution in [3.05, 3.63) is 78.3 Å². The number of amides is 2. The van der Waals surface area contributed by atoms with Gasteiger partial charge in [0.2, 0.25) is 5.91 Å². The first-order chi connectivity index (χ1) is 16.5. The van der Waals surface area contributed by atoms with Crippen LogP contribution in [0, 0.1) is 0 Å². The quantitative estimate of drug-likeness (QED) is 0.198. The first-order valence-corrected chi connectivity index (χ1v) is 12.1. The lowest BCUT2D eigenvalue weighted by Crippen LogP contribution is -2.24. The van der Waals surface area contributed by atoms with Crippen molar-refractivity contribution < 1.29 is 23.5 Å². The molecule has 2 amide bonds. The van der Waals surface area contributed by atoms with Crippen molar-refractivity contribution in [2.24, 2.45) is 0 Å². The van der Waals surface area contributed by atoms with E-state index in [2.05, 4.69) is 10.6 Å². The third-order valence-corrected chi connectivity index (χ3v) is 6.26.